The fourth-order valence-corrected chi connectivity index (χ4v) is 1.01. The molecule has 0 aromatic rings. The van der Waals surface area contributed by atoms with E-state index in [1.807, 2.05) is 0 Å². The lowest BCUT2D eigenvalue weighted by atomic mass is 10.1. The smallest absolute Gasteiger partial charge is 0.0700 e. The molecule has 0 aliphatic heterocycles. The van der Waals surface area contributed by atoms with Crippen molar-refractivity contribution in [1.29, 1.82) is 0 Å². The van der Waals surface area contributed by atoms with Crippen molar-refractivity contribution in [1.82, 2.24) is 0 Å². The molecule has 0 aromatic carbocycles. The molecule has 0 fully saturated rings. The van der Waals surface area contributed by atoms with E-state index in [0.717, 1.165) is 6.42 Å². The second-order valence-electron chi connectivity index (χ2n) is 4.15. The van der Waals surface area contributed by atoms with Crippen LogP contribution in [0, 0.1) is 11.8 Å². The van der Waals surface area contributed by atoms with E-state index in [2.05, 4.69) is 18.8 Å². The molecule has 0 bridgehead atoms. The second-order valence-corrected chi connectivity index (χ2v) is 4.15. The second kappa shape index (κ2) is 6.97. The van der Waals surface area contributed by atoms with Crippen LogP contribution in [-0.4, -0.2) is 10.7 Å². The van der Waals surface area contributed by atoms with Crippen molar-refractivity contribution < 1.29 is 5.11 Å². The van der Waals surface area contributed by atoms with Crippen LogP contribution in [0.15, 0.2) is 0 Å². The van der Waals surface area contributed by atoms with Crippen molar-refractivity contribution >= 4 is 0 Å². The zero-order valence-electron chi connectivity index (χ0n) is 9.19. The highest BCUT2D eigenvalue weighted by molar-refractivity contribution is 5.01. The van der Waals surface area contributed by atoms with E-state index in [0.29, 0.717) is 6.42 Å². The van der Waals surface area contributed by atoms with Gasteiger partial charge in [0, 0.05) is 12.8 Å². The maximum atomic E-state index is 9.36. The van der Waals surface area contributed by atoms with Crippen LogP contribution in [0.1, 0.15) is 59.3 Å². The summed E-state index contributed by atoms with van der Waals surface area (Å²) in [6.07, 6.45) is 6.64. The summed E-state index contributed by atoms with van der Waals surface area (Å²) in [7, 11) is 0. The third-order valence-corrected chi connectivity index (χ3v) is 1.80. The van der Waals surface area contributed by atoms with Gasteiger partial charge in [-0.1, -0.05) is 26.2 Å². The van der Waals surface area contributed by atoms with Gasteiger partial charge < -0.3 is 5.11 Å². The van der Waals surface area contributed by atoms with Crippen LogP contribution in [0.3, 0.4) is 0 Å². The van der Waals surface area contributed by atoms with Crippen molar-refractivity contribution in [3.05, 3.63) is 0 Å². The predicted molar refractivity (Wildman–Crippen MR) is 57.4 cm³/mol. The van der Waals surface area contributed by atoms with E-state index in [9.17, 15) is 5.11 Å². The standard InChI is InChI=1S/C12H22O/c1-4-5-6-7-8-9-10-11-12(2,3)13/h13H,4-8,11H2,1-3H3. The largest absolute Gasteiger partial charge is 0.389 e. The summed E-state index contributed by atoms with van der Waals surface area (Å²) < 4.78 is 0. The zero-order valence-corrected chi connectivity index (χ0v) is 9.19. The fraction of sp³-hybridized carbons (Fsp3) is 0.833. The van der Waals surface area contributed by atoms with Gasteiger partial charge in [0.1, 0.15) is 0 Å². The van der Waals surface area contributed by atoms with Crippen molar-refractivity contribution in [3.8, 4) is 11.8 Å². The molecule has 0 radical (unpaired) electrons. The van der Waals surface area contributed by atoms with Gasteiger partial charge in [-0.3, -0.25) is 0 Å². The lowest BCUT2D eigenvalue weighted by molar-refractivity contribution is 0.0862. The monoisotopic (exact) mass is 182 g/mol. The minimum absolute atomic E-state index is 0.584. The number of rotatable bonds is 5. The summed E-state index contributed by atoms with van der Waals surface area (Å²) in [6, 6.07) is 0. The Kier molecular flexibility index (Phi) is 6.72. The Morgan fingerprint density at radius 3 is 2.31 bits per heavy atom. The molecule has 0 saturated heterocycles. The van der Waals surface area contributed by atoms with Crippen LogP contribution < -0.4 is 0 Å². The molecule has 0 rings (SSSR count). The van der Waals surface area contributed by atoms with Gasteiger partial charge >= 0.3 is 0 Å². The first-order chi connectivity index (χ1) is 6.06. The van der Waals surface area contributed by atoms with Crippen LogP contribution in [0.4, 0.5) is 0 Å². The molecule has 0 atom stereocenters. The van der Waals surface area contributed by atoms with Crippen molar-refractivity contribution in [2.75, 3.05) is 0 Å². The molecular weight excluding hydrogens is 160 g/mol. The summed E-state index contributed by atoms with van der Waals surface area (Å²) >= 11 is 0. The van der Waals surface area contributed by atoms with Gasteiger partial charge in [0.15, 0.2) is 0 Å². The van der Waals surface area contributed by atoms with Gasteiger partial charge in [-0.2, -0.15) is 0 Å². The number of aliphatic hydroxyl groups is 1. The average Bonchev–Trinajstić information content (AvgIpc) is 2.01. The molecule has 0 saturated carbocycles. The first-order valence-corrected chi connectivity index (χ1v) is 5.24. The maximum Gasteiger partial charge on any atom is 0.0700 e. The highest BCUT2D eigenvalue weighted by atomic mass is 16.3. The molecule has 1 N–H and O–H groups in total. The summed E-state index contributed by atoms with van der Waals surface area (Å²) in [5.74, 6) is 6.09. The van der Waals surface area contributed by atoms with Gasteiger partial charge in [0.05, 0.1) is 5.60 Å². The number of unbranched alkanes of at least 4 members (excludes halogenated alkanes) is 4. The first-order valence-electron chi connectivity index (χ1n) is 5.24. The Bertz CT molecular complexity index is 166. The predicted octanol–water partition coefficient (Wildman–Crippen LogP) is 3.12. The molecule has 13 heavy (non-hydrogen) atoms. The van der Waals surface area contributed by atoms with Gasteiger partial charge in [-0.05, 0) is 20.3 Å². The van der Waals surface area contributed by atoms with Crippen molar-refractivity contribution in [2.24, 2.45) is 0 Å². The normalized spacial score (nSPS) is 10.8. The highest BCUT2D eigenvalue weighted by Crippen LogP contribution is 2.05. The molecule has 0 aromatic heterocycles. The van der Waals surface area contributed by atoms with Gasteiger partial charge in [0.25, 0.3) is 0 Å². The molecule has 1 nitrogen and oxygen atoms in total. The van der Waals surface area contributed by atoms with Crippen molar-refractivity contribution in [2.45, 2.75) is 64.9 Å². The van der Waals surface area contributed by atoms with Crippen LogP contribution in [-0.2, 0) is 0 Å². The van der Waals surface area contributed by atoms with E-state index in [1.165, 1.54) is 25.7 Å². The third-order valence-electron chi connectivity index (χ3n) is 1.80. The molecule has 0 spiro atoms. The molecule has 0 aliphatic rings. The molecule has 76 valence electrons. The van der Waals surface area contributed by atoms with Crippen LogP contribution in [0.25, 0.3) is 0 Å². The van der Waals surface area contributed by atoms with Crippen LogP contribution >= 0.6 is 0 Å². The number of hydrogen-bond acceptors (Lipinski definition) is 1. The Balaban J connectivity index is 3.31. The van der Waals surface area contributed by atoms with Crippen LogP contribution in [0.2, 0.25) is 0 Å². The SMILES string of the molecule is CCCCCCC#CCC(C)(C)O. The molecule has 1 heteroatoms. The Morgan fingerprint density at radius 1 is 1.08 bits per heavy atom. The lowest BCUT2D eigenvalue weighted by Gasteiger charge is -2.11. The Hall–Kier alpha value is -0.480. The number of hydrogen-bond donors (Lipinski definition) is 1. The van der Waals surface area contributed by atoms with E-state index >= 15 is 0 Å². The minimum atomic E-state index is -0.629. The Morgan fingerprint density at radius 2 is 1.77 bits per heavy atom. The van der Waals surface area contributed by atoms with Gasteiger partial charge in [-0.15, -0.1) is 11.8 Å². The zero-order chi connectivity index (χ0) is 10.2. The minimum Gasteiger partial charge on any atom is -0.389 e. The van der Waals surface area contributed by atoms with Gasteiger partial charge in [-0.25, -0.2) is 0 Å². The third kappa shape index (κ3) is 11.5. The average molecular weight is 182 g/mol. The fourth-order valence-electron chi connectivity index (χ4n) is 1.01. The molecule has 0 heterocycles. The first kappa shape index (κ1) is 12.5. The summed E-state index contributed by atoms with van der Waals surface area (Å²) in [5, 5.41) is 9.36. The lowest BCUT2D eigenvalue weighted by Crippen LogP contribution is -2.16. The van der Waals surface area contributed by atoms with E-state index < -0.39 is 5.60 Å². The van der Waals surface area contributed by atoms with E-state index in [-0.39, 0.29) is 0 Å². The molecule has 0 unspecified atom stereocenters. The van der Waals surface area contributed by atoms with E-state index in [1.54, 1.807) is 13.8 Å². The molecular formula is C12H22O. The van der Waals surface area contributed by atoms with Crippen LogP contribution in [0.5, 0.6) is 0 Å². The van der Waals surface area contributed by atoms with E-state index in [4.69, 9.17) is 0 Å². The maximum absolute atomic E-state index is 9.36. The van der Waals surface area contributed by atoms with Crippen molar-refractivity contribution in [3.63, 3.8) is 0 Å². The summed E-state index contributed by atoms with van der Waals surface area (Å²) in [4.78, 5) is 0. The summed E-state index contributed by atoms with van der Waals surface area (Å²) in [5.41, 5.74) is -0.629. The summed E-state index contributed by atoms with van der Waals surface area (Å²) in [6.45, 7) is 5.79. The highest BCUT2D eigenvalue weighted by Gasteiger charge is 2.08. The molecule has 0 aliphatic carbocycles. The molecule has 0 amide bonds. The van der Waals surface area contributed by atoms with Gasteiger partial charge in [0.2, 0.25) is 0 Å². The quantitative estimate of drug-likeness (QED) is 0.511. The topological polar surface area (TPSA) is 20.2 Å². The Labute approximate surface area is 82.5 Å².